The van der Waals surface area contributed by atoms with Crippen LogP contribution < -0.4 is 0 Å². The van der Waals surface area contributed by atoms with E-state index in [4.69, 9.17) is 5.11 Å². The van der Waals surface area contributed by atoms with Crippen molar-refractivity contribution in [1.82, 2.24) is 0 Å². The SMILES string of the molecule is O=C(O)CCc1ccc(C#CCCc2ccccc2)cc1. The zero-order valence-corrected chi connectivity index (χ0v) is 11.9. The molecule has 106 valence electrons. The van der Waals surface area contributed by atoms with Crippen LogP contribution in [-0.2, 0) is 17.6 Å². The number of benzene rings is 2. The van der Waals surface area contributed by atoms with Crippen LogP contribution in [0.4, 0.5) is 0 Å². The Hall–Kier alpha value is -2.53. The molecule has 21 heavy (non-hydrogen) atoms. The molecule has 2 heteroatoms. The van der Waals surface area contributed by atoms with Crippen LogP contribution in [0.3, 0.4) is 0 Å². The van der Waals surface area contributed by atoms with Gasteiger partial charge in [-0.05, 0) is 36.1 Å². The highest BCUT2D eigenvalue weighted by Gasteiger charge is 1.98. The van der Waals surface area contributed by atoms with Crippen LogP contribution in [-0.4, -0.2) is 11.1 Å². The van der Waals surface area contributed by atoms with Crippen molar-refractivity contribution < 1.29 is 9.90 Å². The maximum absolute atomic E-state index is 10.5. The molecule has 0 spiro atoms. The van der Waals surface area contributed by atoms with Gasteiger partial charge < -0.3 is 5.11 Å². The summed E-state index contributed by atoms with van der Waals surface area (Å²) in [4.78, 5) is 10.5. The van der Waals surface area contributed by atoms with Gasteiger partial charge in [-0.25, -0.2) is 0 Å². The fourth-order valence-electron chi connectivity index (χ4n) is 2.02. The molecule has 0 aliphatic heterocycles. The lowest BCUT2D eigenvalue weighted by molar-refractivity contribution is -0.136. The number of hydrogen-bond acceptors (Lipinski definition) is 1. The van der Waals surface area contributed by atoms with Gasteiger partial charge in [0, 0.05) is 18.4 Å². The maximum Gasteiger partial charge on any atom is 0.303 e. The molecule has 0 saturated heterocycles. The summed E-state index contributed by atoms with van der Waals surface area (Å²) in [7, 11) is 0. The van der Waals surface area contributed by atoms with Crippen molar-refractivity contribution in [3.8, 4) is 11.8 Å². The van der Waals surface area contributed by atoms with Gasteiger partial charge in [-0.2, -0.15) is 0 Å². The summed E-state index contributed by atoms with van der Waals surface area (Å²) < 4.78 is 0. The minimum Gasteiger partial charge on any atom is -0.481 e. The zero-order chi connectivity index (χ0) is 14.9. The van der Waals surface area contributed by atoms with Crippen LogP contribution in [0.15, 0.2) is 54.6 Å². The standard InChI is InChI=1S/C19H18O2/c20-19(21)15-14-18-12-10-17(11-13-18)9-5-4-8-16-6-2-1-3-7-16/h1-3,6-7,10-13H,4,8,14-15H2,(H,20,21). The topological polar surface area (TPSA) is 37.3 Å². The van der Waals surface area contributed by atoms with E-state index in [1.165, 1.54) is 5.56 Å². The van der Waals surface area contributed by atoms with E-state index in [9.17, 15) is 4.79 Å². The first-order valence-electron chi connectivity index (χ1n) is 7.07. The van der Waals surface area contributed by atoms with Crippen LogP contribution >= 0.6 is 0 Å². The van der Waals surface area contributed by atoms with E-state index in [2.05, 4.69) is 24.0 Å². The van der Waals surface area contributed by atoms with Crippen molar-refractivity contribution in [3.63, 3.8) is 0 Å². The molecule has 0 amide bonds. The van der Waals surface area contributed by atoms with Gasteiger partial charge in [0.15, 0.2) is 0 Å². The van der Waals surface area contributed by atoms with Gasteiger partial charge in [-0.3, -0.25) is 4.79 Å². The Balaban J connectivity index is 1.83. The Morgan fingerprint density at radius 2 is 1.57 bits per heavy atom. The second-order valence-corrected chi connectivity index (χ2v) is 4.88. The van der Waals surface area contributed by atoms with Gasteiger partial charge >= 0.3 is 5.97 Å². The van der Waals surface area contributed by atoms with E-state index in [-0.39, 0.29) is 6.42 Å². The number of aryl methyl sites for hydroxylation is 2. The largest absolute Gasteiger partial charge is 0.481 e. The van der Waals surface area contributed by atoms with Gasteiger partial charge in [0.05, 0.1) is 0 Å². The van der Waals surface area contributed by atoms with E-state index in [0.29, 0.717) is 6.42 Å². The first kappa shape index (κ1) is 14.9. The average molecular weight is 278 g/mol. The lowest BCUT2D eigenvalue weighted by Gasteiger charge is -1.98. The summed E-state index contributed by atoms with van der Waals surface area (Å²) in [6.45, 7) is 0. The molecule has 0 saturated carbocycles. The van der Waals surface area contributed by atoms with Crippen molar-refractivity contribution in [2.24, 2.45) is 0 Å². The predicted octanol–water partition coefficient (Wildman–Crippen LogP) is 3.69. The first-order chi connectivity index (χ1) is 10.2. The normalized spacial score (nSPS) is 9.71. The summed E-state index contributed by atoms with van der Waals surface area (Å²) in [6.07, 6.45) is 2.54. The van der Waals surface area contributed by atoms with Crippen molar-refractivity contribution in [3.05, 3.63) is 71.3 Å². The van der Waals surface area contributed by atoms with E-state index in [0.717, 1.165) is 24.0 Å². The third-order valence-corrected chi connectivity index (χ3v) is 3.20. The second-order valence-electron chi connectivity index (χ2n) is 4.88. The molecule has 1 N–H and O–H groups in total. The molecular formula is C19H18O2. The average Bonchev–Trinajstić information content (AvgIpc) is 2.52. The molecule has 0 aliphatic rings. The summed E-state index contributed by atoms with van der Waals surface area (Å²) in [6, 6.07) is 18.1. The summed E-state index contributed by atoms with van der Waals surface area (Å²) >= 11 is 0. The molecule has 0 heterocycles. The second kappa shape index (κ2) is 7.91. The highest BCUT2D eigenvalue weighted by atomic mass is 16.4. The van der Waals surface area contributed by atoms with E-state index < -0.39 is 5.97 Å². The minimum atomic E-state index is -0.764. The minimum absolute atomic E-state index is 0.169. The lowest BCUT2D eigenvalue weighted by Crippen LogP contribution is -1.97. The number of carbonyl (C=O) groups is 1. The maximum atomic E-state index is 10.5. The molecular weight excluding hydrogens is 260 g/mol. The third-order valence-electron chi connectivity index (χ3n) is 3.20. The van der Waals surface area contributed by atoms with E-state index in [1.54, 1.807) is 0 Å². The Labute approximate surface area is 125 Å². The molecule has 0 unspecified atom stereocenters. The quantitative estimate of drug-likeness (QED) is 0.847. The molecule has 2 aromatic rings. The Morgan fingerprint density at radius 3 is 2.24 bits per heavy atom. The van der Waals surface area contributed by atoms with Crippen LogP contribution in [0.5, 0.6) is 0 Å². The van der Waals surface area contributed by atoms with Crippen LogP contribution in [0.2, 0.25) is 0 Å². The van der Waals surface area contributed by atoms with E-state index in [1.807, 2.05) is 42.5 Å². The summed E-state index contributed by atoms with van der Waals surface area (Å²) in [5.41, 5.74) is 3.31. The fourth-order valence-corrected chi connectivity index (χ4v) is 2.02. The van der Waals surface area contributed by atoms with Crippen LogP contribution in [0.1, 0.15) is 29.5 Å². The summed E-state index contributed by atoms with van der Waals surface area (Å²) in [5.74, 6) is 5.55. The van der Waals surface area contributed by atoms with Crippen LogP contribution in [0, 0.1) is 11.8 Å². The molecule has 0 radical (unpaired) electrons. The van der Waals surface area contributed by atoms with Gasteiger partial charge in [0.25, 0.3) is 0 Å². The highest BCUT2D eigenvalue weighted by Crippen LogP contribution is 2.06. The van der Waals surface area contributed by atoms with Crippen molar-refractivity contribution >= 4 is 5.97 Å². The van der Waals surface area contributed by atoms with Gasteiger partial charge in [-0.15, -0.1) is 0 Å². The Kier molecular flexibility index (Phi) is 5.60. The zero-order valence-electron chi connectivity index (χ0n) is 11.9. The van der Waals surface area contributed by atoms with E-state index >= 15 is 0 Å². The van der Waals surface area contributed by atoms with Crippen molar-refractivity contribution in [1.29, 1.82) is 0 Å². The molecule has 0 bridgehead atoms. The van der Waals surface area contributed by atoms with Gasteiger partial charge in [-0.1, -0.05) is 54.3 Å². The van der Waals surface area contributed by atoms with Crippen molar-refractivity contribution in [2.75, 3.05) is 0 Å². The van der Waals surface area contributed by atoms with Gasteiger partial charge in [0.2, 0.25) is 0 Å². The third kappa shape index (κ3) is 5.54. The highest BCUT2D eigenvalue weighted by molar-refractivity contribution is 5.67. The molecule has 2 aromatic carbocycles. The van der Waals surface area contributed by atoms with Crippen molar-refractivity contribution in [2.45, 2.75) is 25.7 Å². The smallest absolute Gasteiger partial charge is 0.303 e. The van der Waals surface area contributed by atoms with Crippen LogP contribution in [0.25, 0.3) is 0 Å². The Bertz CT molecular complexity index is 631. The predicted molar refractivity (Wildman–Crippen MR) is 84.0 cm³/mol. The molecule has 0 fully saturated rings. The first-order valence-corrected chi connectivity index (χ1v) is 7.07. The summed E-state index contributed by atoms with van der Waals surface area (Å²) in [5, 5.41) is 8.64. The fraction of sp³-hybridized carbons (Fsp3) is 0.211. The number of rotatable bonds is 5. The number of hydrogen-bond donors (Lipinski definition) is 1. The molecule has 0 atom stereocenters. The molecule has 0 aromatic heterocycles. The molecule has 2 nitrogen and oxygen atoms in total. The molecule has 2 rings (SSSR count). The number of carboxylic acid groups (broad SMARTS) is 1. The Morgan fingerprint density at radius 1 is 0.905 bits per heavy atom. The molecule has 0 aliphatic carbocycles. The lowest BCUT2D eigenvalue weighted by atomic mass is 10.1. The van der Waals surface area contributed by atoms with Gasteiger partial charge in [0.1, 0.15) is 0 Å². The number of aliphatic carboxylic acids is 1. The number of carboxylic acids is 1. The monoisotopic (exact) mass is 278 g/mol.